The summed E-state index contributed by atoms with van der Waals surface area (Å²) < 4.78 is 1.85. The quantitative estimate of drug-likeness (QED) is 0.754. The van der Waals surface area contributed by atoms with Crippen molar-refractivity contribution in [3.05, 3.63) is 18.0 Å². The Hall–Kier alpha value is -0.870. The molecular weight excluding hydrogens is 200 g/mol. The number of rotatable bonds is 5. The number of hydrogen-bond donors (Lipinski definition) is 1. The van der Waals surface area contributed by atoms with E-state index in [-0.39, 0.29) is 0 Å². The Labute approximate surface area is 97.6 Å². The molecule has 0 bridgehead atoms. The molecule has 0 saturated carbocycles. The average Bonchev–Trinajstić information content (AvgIpc) is 2.83. The van der Waals surface area contributed by atoms with E-state index in [1.807, 2.05) is 17.9 Å². The second-order valence-electron chi connectivity index (χ2n) is 4.68. The fourth-order valence-corrected chi connectivity index (χ4v) is 2.32. The van der Waals surface area contributed by atoms with Gasteiger partial charge in [0.2, 0.25) is 0 Å². The molecule has 1 atom stereocenters. The fourth-order valence-electron chi connectivity index (χ4n) is 2.32. The molecule has 0 spiro atoms. The average molecular weight is 222 g/mol. The zero-order chi connectivity index (χ0) is 11.4. The number of aryl methyl sites for hydroxylation is 1. The van der Waals surface area contributed by atoms with Crippen molar-refractivity contribution in [2.24, 2.45) is 7.05 Å². The lowest BCUT2D eigenvalue weighted by atomic mass is 10.2. The van der Waals surface area contributed by atoms with Gasteiger partial charge in [0.1, 0.15) is 0 Å². The van der Waals surface area contributed by atoms with Gasteiger partial charge in [0, 0.05) is 38.9 Å². The van der Waals surface area contributed by atoms with Crippen LogP contribution in [0.15, 0.2) is 12.3 Å². The highest BCUT2D eigenvalue weighted by molar-refractivity contribution is 4.97. The molecule has 2 rings (SSSR count). The Bertz CT molecular complexity index is 321. The Morgan fingerprint density at radius 3 is 3.06 bits per heavy atom. The van der Waals surface area contributed by atoms with Gasteiger partial charge in [-0.15, -0.1) is 0 Å². The smallest absolute Gasteiger partial charge is 0.0762 e. The Morgan fingerprint density at radius 1 is 1.56 bits per heavy atom. The van der Waals surface area contributed by atoms with Crippen molar-refractivity contribution in [1.82, 2.24) is 20.0 Å². The van der Waals surface area contributed by atoms with E-state index in [9.17, 15) is 0 Å². The van der Waals surface area contributed by atoms with Gasteiger partial charge < -0.3 is 5.32 Å². The monoisotopic (exact) mass is 222 g/mol. The van der Waals surface area contributed by atoms with Gasteiger partial charge in [0.25, 0.3) is 0 Å². The van der Waals surface area contributed by atoms with Crippen LogP contribution in [-0.2, 0) is 13.6 Å². The molecule has 1 fully saturated rings. The zero-order valence-electron chi connectivity index (χ0n) is 10.3. The zero-order valence-corrected chi connectivity index (χ0v) is 10.3. The first-order valence-electron chi connectivity index (χ1n) is 6.19. The van der Waals surface area contributed by atoms with Crippen LogP contribution >= 0.6 is 0 Å². The molecule has 90 valence electrons. The molecule has 1 unspecified atom stereocenters. The van der Waals surface area contributed by atoms with E-state index in [0.29, 0.717) is 0 Å². The Kier molecular flexibility index (Phi) is 3.96. The Balaban J connectivity index is 1.61. The van der Waals surface area contributed by atoms with Crippen molar-refractivity contribution in [1.29, 1.82) is 0 Å². The van der Waals surface area contributed by atoms with Crippen LogP contribution in [0.1, 0.15) is 25.5 Å². The van der Waals surface area contributed by atoms with Gasteiger partial charge >= 0.3 is 0 Å². The minimum absolute atomic E-state index is 0.775. The minimum atomic E-state index is 0.775. The van der Waals surface area contributed by atoms with Gasteiger partial charge in [-0.3, -0.25) is 9.58 Å². The van der Waals surface area contributed by atoms with E-state index in [1.165, 1.54) is 19.4 Å². The lowest BCUT2D eigenvalue weighted by Crippen LogP contribution is -2.34. The number of aromatic nitrogens is 2. The molecule has 1 N–H and O–H groups in total. The second kappa shape index (κ2) is 5.46. The molecule has 4 heteroatoms. The summed E-state index contributed by atoms with van der Waals surface area (Å²) in [6, 6.07) is 2.84. The first kappa shape index (κ1) is 11.6. The molecule has 4 nitrogen and oxygen atoms in total. The highest BCUT2D eigenvalue weighted by Crippen LogP contribution is 2.14. The molecule has 16 heavy (non-hydrogen) atoms. The third-order valence-corrected chi connectivity index (χ3v) is 3.34. The molecule has 0 radical (unpaired) electrons. The summed E-state index contributed by atoms with van der Waals surface area (Å²) in [5.74, 6) is 0. The molecule has 1 aromatic rings. The van der Waals surface area contributed by atoms with Crippen molar-refractivity contribution in [3.63, 3.8) is 0 Å². The van der Waals surface area contributed by atoms with Crippen LogP contribution in [0.3, 0.4) is 0 Å². The van der Waals surface area contributed by atoms with Gasteiger partial charge in [0.15, 0.2) is 0 Å². The summed E-state index contributed by atoms with van der Waals surface area (Å²) in [4.78, 5) is 2.56. The summed E-state index contributed by atoms with van der Waals surface area (Å²) in [5, 5.41) is 7.78. The van der Waals surface area contributed by atoms with Crippen molar-refractivity contribution in [2.75, 3.05) is 19.6 Å². The maximum atomic E-state index is 4.34. The second-order valence-corrected chi connectivity index (χ2v) is 4.68. The molecule has 0 amide bonds. The normalized spacial score (nSPS) is 21.8. The third kappa shape index (κ3) is 3.06. The first-order chi connectivity index (χ1) is 7.75. The van der Waals surface area contributed by atoms with Crippen molar-refractivity contribution >= 4 is 0 Å². The molecule has 0 aromatic carbocycles. The van der Waals surface area contributed by atoms with Gasteiger partial charge in [0.05, 0.1) is 5.69 Å². The largest absolute Gasteiger partial charge is 0.310 e. The third-order valence-electron chi connectivity index (χ3n) is 3.34. The summed E-state index contributed by atoms with van der Waals surface area (Å²) in [7, 11) is 1.95. The lowest BCUT2D eigenvalue weighted by Gasteiger charge is -2.20. The number of nitrogens with one attached hydrogen (secondary N) is 1. The van der Waals surface area contributed by atoms with Gasteiger partial charge in [-0.05, 0) is 32.4 Å². The first-order valence-corrected chi connectivity index (χ1v) is 6.19. The maximum Gasteiger partial charge on any atom is 0.0762 e. The van der Waals surface area contributed by atoms with Crippen LogP contribution in [-0.4, -0.2) is 40.4 Å². The van der Waals surface area contributed by atoms with Crippen LogP contribution in [0.4, 0.5) is 0 Å². The summed E-state index contributed by atoms with van der Waals surface area (Å²) in [6.07, 6.45) is 4.71. The molecule has 2 heterocycles. The van der Waals surface area contributed by atoms with Crippen molar-refractivity contribution < 1.29 is 0 Å². The Morgan fingerprint density at radius 2 is 2.44 bits per heavy atom. The van der Waals surface area contributed by atoms with Gasteiger partial charge in [-0.1, -0.05) is 0 Å². The molecule has 1 aliphatic heterocycles. The van der Waals surface area contributed by atoms with E-state index in [0.717, 1.165) is 31.4 Å². The molecule has 0 aliphatic carbocycles. The number of likely N-dealkylation sites (tertiary alicyclic amines) is 1. The highest BCUT2D eigenvalue weighted by atomic mass is 15.3. The number of hydrogen-bond acceptors (Lipinski definition) is 3. The van der Waals surface area contributed by atoms with Crippen molar-refractivity contribution in [3.8, 4) is 0 Å². The summed E-state index contributed by atoms with van der Waals surface area (Å²) in [6.45, 7) is 6.69. The lowest BCUT2D eigenvalue weighted by molar-refractivity contribution is 0.268. The van der Waals surface area contributed by atoms with Crippen LogP contribution in [0.2, 0.25) is 0 Å². The van der Waals surface area contributed by atoms with Gasteiger partial charge in [-0.2, -0.15) is 5.10 Å². The molecule has 1 saturated heterocycles. The predicted molar refractivity (Wildman–Crippen MR) is 65.2 cm³/mol. The van der Waals surface area contributed by atoms with Crippen LogP contribution in [0.5, 0.6) is 0 Å². The predicted octanol–water partition coefficient (Wildman–Crippen LogP) is 0.994. The molecular formula is C12H22N4. The van der Waals surface area contributed by atoms with E-state index in [4.69, 9.17) is 0 Å². The fraction of sp³-hybridized carbons (Fsp3) is 0.750. The summed E-state index contributed by atoms with van der Waals surface area (Å²) in [5.41, 5.74) is 1.12. The SMILES string of the molecule is CC1CCCN1CCNCc1ccn(C)n1. The number of nitrogens with zero attached hydrogens (tertiary/aromatic N) is 3. The molecule has 1 aromatic heterocycles. The summed E-state index contributed by atoms with van der Waals surface area (Å²) >= 11 is 0. The van der Waals surface area contributed by atoms with E-state index in [1.54, 1.807) is 0 Å². The highest BCUT2D eigenvalue weighted by Gasteiger charge is 2.18. The topological polar surface area (TPSA) is 33.1 Å². The van der Waals surface area contributed by atoms with Gasteiger partial charge in [-0.25, -0.2) is 0 Å². The van der Waals surface area contributed by atoms with Crippen LogP contribution in [0, 0.1) is 0 Å². The van der Waals surface area contributed by atoms with E-state index in [2.05, 4.69) is 28.3 Å². The standard InChI is InChI=1S/C12H22N4/c1-11-4-3-7-16(11)9-6-13-10-12-5-8-15(2)14-12/h5,8,11,13H,3-4,6-7,9-10H2,1-2H3. The molecule has 1 aliphatic rings. The van der Waals surface area contributed by atoms with Crippen molar-refractivity contribution in [2.45, 2.75) is 32.4 Å². The van der Waals surface area contributed by atoms with E-state index < -0.39 is 0 Å². The van der Waals surface area contributed by atoms with E-state index >= 15 is 0 Å². The van der Waals surface area contributed by atoms with Crippen LogP contribution in [0.25, 0.3) is 0 Å². The maximum absolute atomic E-state index is 4.34. The van der Waals surface area contributed by atoms with Crippen LogP contribution < -0.4 is 5.32 Å². The minimum Gasteiger partial charge on any atom is -0.310 e.